The van der Waals surface area contributed by atoms with Crippen molar-refractivity contribution in [3.05, 3.63) is 0 Å². The minimum absolute atomic E-state index is 0.268. The highest BCUT2D eigenvalue weighted by Gasteiger charge is 2.69. The summed E-state index contributed by atoms with van der Waals surface area (Å²) in [6.07, 6.45) is 13.7. The minimum atomic E-state index is -0.268. The third-order valence-corrected chi connectivity index (χ3v) is 12.0. The highest BCUT2D eigenvalue weighted by molar-refractivity contribution is 5.15. The number of ether oxygens (including phenoxy) is 2. The molecule has 0 aromatic heterocycles. The SMILES string of the molecule is C[C@@H]1CC[C@@]2(OC1)OC1CC3C4CCC5C[C@@H](N)CC[C@]5(C)C4CC[C@]3(C)C1[C@@H]2C. The van der Waals surface area contributed by atoms with Gasteiger partial charge in [-0.05, 0) is 104 Å². The first kappa shape index (κ1) is 20.5. The summed E-state index contributed by atoms with van der Waals surface area (Å²) in [5, 5.41) is 0. The van der Waals surface area contributed by atoms with Crippen molar-refractivity contribution in [2.75, 3.05) is 6.61 Å². The van der Waals surface area contributed by atoms with Gasteiger partial charge in [-0.3, -0.25) is 0 Å². The van der Waals surface area contributed by atoms with Crippen LogP contribution in [0.25, 0.3) is 0 Å². The van der Waals surface area contributed by atoms with E-state index in [-0.39, 0.29) is 5.79 Å². The topological polar surface area (TPSA) is 44.5 Å². The molecular weight excluding hydrogens is 370 g/mol. The summed E-state index contributed by atoms with van der Waals surface area (Å²) in [4.78, 5) is 0. The standard InChI is InChI=1S/C27H45NO2/c1-16-7-12-27(29-15-16)17(2)24-23(30-27)14-22-20-6-5-18-13-19(28)8-10-25(18,3)21(20)9-11-26(22,24)4/h16-24H,5-15,28H2,1-4H3/t16-,17+,18?,19+,20?,21?,22?,23?,24?,25+,26+,27-/m1/s1. The van der Waals surface area contributed by atoms with E-state index in [0.29, 0.717) is 40.7 Å². The van der Waals surface area contributed by atoms with E-state index in [4.69, 9.17) is 15.2 Å². The van der Waals surface area contributed by atoms with E-state index in [0.717, 1.165) is 36.7 Å². The molecule has 2 N–H and O–H groups in total. The van der Waals surface area contributed by atoms with Gasteiger partial charge in [0.1, 0.15) is 0 Å². The van der Waals surface area contributed by atoms with Crippen LogP contribution in [0.3, 0.4) is 0 Å². The summed E-state index contributed by atoms with van der Waals surface area (Å²) < 4.78 is 13.4. The fraction of sp³-hybridized carbons (Fsp3) is 1.00. The minimum Gasteiger partial charge on any atom is -0.349 e. The molecule has 1 spiro atoms. The first-order chi connectivity index (χ1) is 14.3. The lowest BCUT2D eigenvalue weighted by atomic mass is 9.44. The van der Waals surface area contributed by atoms with E-state index in [1.807, 2.05) is 0 Å². The van der Waals surface area contributed by atoms with Gasteiger partial charge in [-0.25, -0.2) is 0 Å². The van der Waals surface area contributed by atoms with Crippen molar-refractivity contribution in [2.45, 2.75) is 110 Å². The van der Waals surface area contributed by atoms with Crippen molar-refractivity contribution in [1.82, 2.24) is 0 Å². The van der Waals surface area contributed by atoms with Gasteiger partial charge in [-0.2, -0.15) is 0 Å². The Morgan fingerprint density at radius 1 is 0.833 bits per heavy atom. The first-order valence-electron chi connectivity index (χ1n) is 13.3. The van der Waals surface area contributed by atoms with Crippen molar-refractivity contribution in [3.8, 4) is 0 Å². The zero-order chi connectivity index (χ0) is 20.9. The van der Waals surface area contributed by atoms with Crippen LogP contribution >= 0.6 is 0 Å². The molecule has 0 aromatic rings. The van der Waals surface area contributed by atoms with Crippen molar-refractivity contribution in [1.29, 1.82) is 0 Å². The summed E-state index contributed by atoms with van der Waals surface area (Å²) in [7, 11) is 0. The van der Waals surface area contributed by atoms with Gasteiger partial charge >= 0.3 is 0 Å². The van der Waals surface area contributed by atoms with Gasteiger partial charge in [-0.1, -0.05) is 27.7 Å². The number of hydrogen-bond acceptors (Lipinski definition) is 3. The maximum atomic E-state index is 6.92. The predicted octanol–water partition coefficient (Wildman–Crippen LogP) is 5.76. The number of nitrogens with two attached hydrogens (primary N) is 1. The summed E-state index contributed by atoms with van der Waals surface area (Å²) in [6, 6.07) is 0.461. The molecule has 3 nitrogen and oxygen atoms in total. The zero-order valence-electron chi connectivity index (χ0n) is 19.9. The van der Waals surface area contributed by atoms with E-state index >= 15 is 0 Å². The van der Waals surface area contributed by atoms with Crippen molar-refractivity contribution in [2.24, 2.45) is 58.0 Å². The second-order valence-electron chi connectivity index (χ2n) is 13.2. The van der Waals surface area contributed by atoms with Crippen LogP contribution in [0.15, 0.2) is 0 Å². The average Bonchev–Trinajstić information content (AvgIpc) is 3.16. The second-order valence-corrected chi connectivity index (χ2v) is 13.2. The molecule has 0 radical (unpaired) electrons. The summed E-state index contributed by atoms with van der Waals surface area (Å²) in [5.41, 5.74) is 7.40. The second kappa shape index (κ2) is 6.70. The van der Waals surface area contributed by atoms with E-state index in [9.17, 15) is 0 Å². The largest absolute Gasteiger partial charge is 0.349 e. The molecule has 4 aliphatic carbocycles. The Bertz CT molecular complexity index is 686. The molecule has 4 saturated carbocycles. The lowest BCUT2D eigenvalue weighted by molar-refractivity contribution is -0.273. The summed E-state index contributed by atoms with van der Waals surface area (Å²) in [5.74, 6) is 5.25. The predicted molar refractivity (Wildman–Crippen MR) is 120 cm³/mol. The molecule has 3 heteroatoms. The third-order valence-electron chi connectivity index (χ3n) is 12.0. The van der Waals surface area contributed by atoms with Crippen LogP contribution in [0.4, 0.5) is 0 Å². The van der Waals surface area contributed by atoms with Crippen LogP contribution in [0.2, 0.25) is 0 Å². The van der Waals surface area contributed by atoms with E-state index in [2.05, 4.69) is 27.7 Å². The molecule has 2 saturated heterocycles. The van der Waals surface area contributed by atoms with E-state index in [1.165, 1.54) is 57.8 Å². The van der Waals surface area contributed by atoms with Gasteiger partial charge in [0.15, 0.2) is 5.79 Å². The molecule has 12 atom stereocenters. The fourth-order valence-corrected chi connectivity index (χ4v) is 10.3. The average molecular weight is 416 g/mol. The van der Waals surface area contributed by atoms with Gasteiger partial charge in [0.25, 0.3) is 0 Å². The number of hydrogen-bond donors (Lipinski definition) is 1. The Balaban J connectivity index is 1.26. The van der Waals surface area contributed by atoms with Crippen molar-refractivity contribution >= 4 is 0 Å². The Morgan fingerprint density at radius 3 is 2.40 bits per heavy atom. The summed E-state index contributed by atoms with van der Waals surface area (Å²) in [6.45, 7) is 11.0. The molecule has 6 unspecified atom stereocenters. The number of rotatable bonds is 0. The maximum absolute atomic E-state index is 6.92. The Kier molecular flexibility index (Phi) is 4.58. The van der Waals surface area contributed by atoms with Gasteiger partial charge in [0.2, 0.25) is 0 Å². The molecule has 6 rings (SSSR count). The van der Waals surface area contributed by atoms with Crippen LogP contribution < -0.4 is 5.73 Å². The lowest BCUT2D eigenvalue weighted by Gasteiger charge is -2.61. The highest BCUT2D eigenvalue weighted by Crippen LogP contribution is 2.71. The zero-order valence-corrected chi connectivity index (χ0v) is 19.9. The Morgan fingerprint density at radius 2 is 1.63 bits per heavy atom. The Labute approximate surface area is 184 Å². The van der Waals surface area contributed by atoms with Gasteiger partial charge in [-0.15, -0.1) is 0 Å². The maximum Gasteiger partial charge on any atom is 0.171 e. The first-order valence-corrected chi connectivity index (χ1v) is 13.3. The van der Waals surface area contributed by atoms with Crippen molar-refractivity contribution < 1.29 is 9.47 Å². The molecule has 0 amide bonds. The molecule has 0 aromatic carbocycles. The third kappa shape index (κ3) is 2.61. The van der Waals surface area contributed by atoms with E-state index < -0.39 is 0 Å². The molecule has 30 heavy (non-hydrogen) atoms. The quantitative estimate of drug-likeness (QED) is 0.547. The highest BCUT2D eigenvalue weighted by atomic mass is 16.7. The molecule has 6 fully saturated rings. The van der Waals surface area contributed by atoms with Gasteiger partial charge < -0.3 is 15.2 Å². The molecular formula is C27H45NO2. The van der Waals surface area contributed by atoms with Crippen LogP contribution in [0.1, 0.15) is 91.9 Å². The Hall–Kier alpha value is -0.120. The number of fused-ring (bicyclic) bond motifs is 7. The molecule has 2 aliphatic heterocycles. The van der Waals surface area contributed by atoms with Crippen molar-refractivity contribution in [3.63, 3.8) is 0 Å². The van der Waals surface area contributed by atoms with Crippen LogP contribution in [0, 0.1) is 52.3 Å². The lowest BCUT2D eigenvalue weighted by Crippen LogP contribution is -2.55. The molecule has 6 aliphatic rings. The summed E-state index contributed by atoms with van der Waals surface area (Å²) >= 11 is 0. The van der Waals surface area contributed by atoms with Gasteiger partial charge in [0, 0.05) is 18.4 Å². The molecule has 170 valence electrons. The van der Waals surface area contributed by atoms with Crippen LogP contribution in [-0.2, 0) is 9.47 Å². The van der Waals surface area contributed by atoms with Gasteiger partial charge in [0.05, 0.1) is 12.7 Å². The fourth-order valence-electron chi connectivity index (χ4n) is 10.3. The van der Waals surface area contributed by atoms with E-state index in [1.54, 1.807) is 0 Å². The normalized spacial score (nSPS) is 62.5. The molecule has 0 bridgehead atoms. The smallest absolute Gasteiger partial charge is 0.171 e. The van der Waals surface area contributed by atoms with Crippen LogP contribution in [0.5, 0.6) is 0 Å². The monoisotopic (exact) mass is 415 g/mol. The van der Waals surface area contributed by atoms with Crippen LogP contribution in [-0.4, -0.2) is 24.5 Å². The molecule has 2 heterocycles.